The maximum absolute atomic E-state index is 11.6. The number of nitrogens with one attached hydrogen (secondary N) is 1. The van der Waals surface area contributed by atoms with Crippen LogP contribution in [0, 0.1) is 0 Å². The molecule has 0 aliphatic heterocycles. The van der Waals surface area contributed by atoms with E-state index in [-0.39, 0.29) is 5.91 Å². The molecule has 92 valence electrons. The number of halogens is 1. The number of rotatable bonds is 5. The van der Waals surface area contributed by atoms with Crippen LogP contribution in [0.25, 0.3) is 0 Å². The SMILES string of the molecule is C=C/C=C(\C)C(=O)N/C(C)=C/C=C(/Cl)C(=C)C. The van der Waals surface area contributed by atoms with Gasteiger partial charge in [0.2, 0.25) is 0 Å². The molecule has 0 unspecified atom stereocenters. The molecular weight excluding hydrogens is 234 g/mol. The second-order valence-corrected chi connectivity index (χ2v) is 4.09. The first-order chi connectivity index (χ1) is 7.88. The second kappa shape index (κ2) is 7.69. The lowest BCUT2D eigenvalue weighted by Crippen LogP contribution is -2.21. The van der Waals surface area contributed by atoms with Crippen LogP contribution in [0.3, 0.4) is 0 Å². The van der Waals surface area contributed by atoms with Crippen LogP contribution in [0.1, 0.15) is 20.8 Å². The summed E-state index contributed by atoms with van der Waals surface area (Å²) in [5, 5.41) is 3.30. The van der Waals surface area contributed by atoms with Crippen molar-refractivity contribution in [3.8, 4) is 0 Å². The summed E-state index contributed by atoms with van der Waals surface area (Å²) in [5.74, 6) is -0.154. The van der Waals surface area contributed by atoms with Gasteiger partial charge in [-0.25, -0.2) is 0 Å². The summed E-state index contributed by atoms with van der Waals surface area (Å²) < 4.78 is 0. The molecule has 0 saturated carbocycles. The first-order valence-corrected chi connectivity index (χ1v) is 5.57. The molecular formula is C14H18ClNO. The standard InChI is InChI=1S/C14H18ClNO/c1-6-7-11(4)14(17)16-12(5)8-9-13(15)10(2)3/h6-9H,1-2H2,3-5H3,(H,16,17)/b11-7+,12-8+,13-9+. The Kier molecular flexibility index (Phi) is 6.99. The number of hydrogen-bond donors (Lipinski definition) is 1. The molecule has 2 nitrogen and oxygen atoms in total. The van der Waals surface area contributed by atoms with Gasteiger partial charge < -0.3 is 5.32 Å². The Morgan fingerprint density at radius 3 is 2.24 bits per heavy atom. The first-order valence-electron chi connectivity index (χ1n) is 5.19. The van der Waals surface area contributed by atoms with E-state index in [1.165, 1.54) is 0 Å². The summed E-state index contributed by atoms with van der Waals surface area (Å²) in [7, 11) is 0. The molecule has 0 rings (SSSR count). The molecule has 0 bridgehead atoms. The van der Waals surface area contributed by atoms with Crippen molar-refractivity contribution in [2.75, 3.05) is 0 Å². The van der Waals surface area contributed by atoms with Crippen LogP contribution in [-0.2, 0) is 4.79 Å². The molecule has 0 fully saturated rings. The molecule has 3 heteroatoms. The lowest BCUT2D eigenvalue weighted by Gasteiger charge is -2.04. The molecule has 0 aliphatic carbocycles. The molecule has 0 aliphatic rings. The van der Waals surface area contributed by atoms with Crippen molar-refractivity contribution in [3.63, 3.8) is 0 Å². The van der Waals surface area contributed by atoms with Gasteiger partial charge in [0.05, 0.1) is 0 Å². The third kappa shape index (κ3) is 6.59. The van der Waals surface area contributed by atoms with Crippen LogP contribution in [0.4, 0.5) is 0 Å². The molecule has 0 aromatic heterocycles. The maximum atomic E-state index is 11.6. The summed E-state index contributed by atoms with van der Waals surface area (Å²) >= 11 is 5.89. The number of carbonyl (C=O) groups is 1. The highest BCUT2D eigenvalue weighted by Crippen LogP contribution is 2.11. The van der Waals surface area contributed by atoms with Gasteiger partial charge in [-0.1, -0.05) is 36.9 Å². The van der Waals surface area contributed by atoms with E-state index in [2.05, 4.69) is 18.5 Å². The third-order valence-electron chi connectivity index (χ3n) is 1.92. The van der Waals surface area contributed by atoms with Crippen molar-refractivity contribution in [2.45, 2.75) is 20.8 Å². The second-order valence-electron chi connectivity index (χ2n) is 3.68. The van der Waals surface area contributed by atoms with Crippen LogP contribution in [0.15, 0.2) is 59.3 Å². The summed E-state index contributed by atoms with van der Waals surface area (Å²) in [6, 6.07) is 0. The van der Waals surface area contributed by atoms with E-state index in [0.717, 1.165) is 5.57 Å². The van der Waals surface area contributed by atoms with E-state index in [9.17, 15) is 4.79 Å². The van der Waals surface area contributed by atoms with Crippen molar-refractivity contribution in [1.82, 2.24) is 5.32 Å². The van der Waals surface area contributed by atoms with Crippen molar-refractivity contribution < 1.29 is 4.79 Å². The minimum Gasteiger partial charge on any atom is -0.326 e. The average Bonchev–Trinajstić information content (AvgIpc) is 2.25. The van der Waals surface area contributed by atoms with Crippen molar-refractivity contribution >= 4 is 17.5 Å². The molecule has 0 radical (unpaired) electrons. The fraction of sp³-hybridized carbons (Fsp3) is 0.214. The Bertz CT molecular complexity index is 414. The highest BCUT2D eigenvalue weighted by molar-refractivity contribution is 6.31. The normalized spacial score (nSPS) is 13.3. The fourth-order valence-electron chi connectivity index (χ4n) is 0.912. The van der Waals surface area contributed by atoms with E-state index in [1.807, 2.05) is 6.92 Å². The summed E-state index contributed by atoms with van der Waals surface area (Å²) in [5.41, 5.74) is 2.10. The van der Waals surface area contributed by atoms with Crippen LogP contribution >= 0.6 is 11.6 Å². The summed E-state index contributed by atoms with van der Waals surface area (Å²) in [6.07, 6.45) is 6.66. The van der Waals surface area contributed by atoms with Crippen LogP contribution in [0.5, 0.6) is 0 Å². The van der Waals surface area contributed by atoms with Gasteiger partial charge in [0, 0.05) is 16.3 Å². The zero-order valence-corrected chi connectivity index (χ0v) is 11.3. The van der Waals surface area contributed by atoms with Gasteiger partial charge >= 0.3 is 0 Å². The highest BCUT2D eigenvalue weighted by atomic mass is 35.5. The molecule has 17 heavy (non-hydrogen) atoms. The maximum Gasteiger partial charge on any atom is 0.251 e. The third-order valence-corrected chi connectivity index (χ3v) is 2.37. The van der Waals surface area contributed by atoms with Gasteiger partial charge in [0.15, 0.2) is 0 Å². The molecule has 1 amide bonds. The Morgan fingerprint density at radius 2 is 1.76 bits per heavy atom. The number of allylic oxidation sites excluding steroid dienone is 7. The molecule has 0 aromatic carbocycles. The van der Waals surface area contributed by atoms with E-state index in [1.54, 1.807) is 38.2 Å². The van der Waals surface area contributed by atoms with Gasteiger partial charge in [-0.15, -0.1) is 0 Å². The predicted octanol–water partition coefficient (Wildman–Crippen LogP) is 3.84. The summed E-state index contributed by atoms with van der Waals surface area (Å²) in [6.45, 7) is 12.6. The fourth-order valence-corrected chi connectivity index (χ4v) is 0.975. The molecule has 0 atom stereocenters. The zero-order valence-electron chi connectivity index (χ0n) is 10.5. The van der Waals surface area contributed by atoms with Gasteiger partial charge in [-0.3, -0.25) is 4.79 Å². The number of hydrogen-bond acceptors (Lipinski definition) is 1. The first kappa shape index (κ1) is 15.5. The predicted molar refractivity (Wildman–Crippen MR) is 74.6 cm³/mol. The van der Waals surface area contributed by atoms with Gasteiger partial charge in [0.1, 0.15) is 0 Å². The molecule has 0 heterocycles. The Balaban J connectivity index is 4.61. The van der Waals surface area contributed by atoms with Gasteiger partial charge in [-0.05, 0) is 38.5 Å². The molecule has 0 aromatic rings. The number of amides is 1. The highest BCUT2D eigenvalue weighted by Gasteiger charge is 2.02. The van der Waals surface area contributed by atoms with E-state index < -0.39 is 0 Å². The average molecular weight is 252 g/mol. The smallest absolute Gasteiger partial charge is 0.251 e. The Hall–Kier alpha value is -1.54. The molecule has 0 spiro atoms. The topological polar surface area (TPSA) is 29.1 Å². The lowest BCUT2D eigenvalue weighted by atomic mass is 10.2. The lowest BCUT2D eigenvalue weighted by molar-refractivity contribution is -0.116. The van der Waals surface area contributed by atoms with Crippen molar-refractivity contribution in [2.24, 2.45) is 0 Å². The van der Waals surface area contributed by atoms with Crippen molar-refractivity contribution in [1.29, 1.82) is 0 Å². The molecule has 0 saturated heterocycles. The van der Waals surface area contributed by atoms with E-state index in [0.29, 0.717) is 16.3 Å². The van der Waals surface area contributed by atoms with Crippen LogP contribution < -0.4 is 5.32 Å². The van der Waals surface area contributed by atoms with E-state index in [4.69, 9.17) is 11.6 Å². The number of carbonyl (C=O) groups excluding carboxylic acids is 1. The van der Waals surface area contributed by atoms with Gasteiger partial charge in [0.25, 0.3) is 5.91 Å². The Labute approximate surface area is 108 Å². The minimum absolute atomic E-state index is 0.154. The van der Waals surface area contributed by atoms with Gasteiger partial charge in [-0.2, -0.15) is 0 Å². The minimum atomic E-state index is -0.154. The quantitative estimate of drug-likeness (QED) is 0.584. The van der Waals surface area contributed by atoms with E-state index >= 15 is 0 Å². The van der Waals surface area contributed by atoms with Crippen LogP contribution in [-0.4, -0.2) is 5.91 Å². The summed E-state index contributed by atoms with van der Waals surface area (Å²) in [4.78, 5) is 11.6. The molecule has 1 N–H and O–H groups in total. The van der Waals surface area contributed by atoms with Crippen LogP contribution in [0.2, 0.25) is 0 Å². The zero-order chi connectivity index (χ0) is 13.4. The largest absolute Gasteiger partial charge is 0.326 e. The van der Waals surface area contributed by atoms with Crippen molar-refractivity contribution in [3.05, 3.63) is 59.3 Å². The Morgan fingerprint density at radius 1 is 1.18 bits per heavy atom. The monoisotopic (exact) mass is 251 g/mol.